The zero-order valence-corrected chi connectivity index (χ0v) is 15.9. The van der Waals surface area contributed by atoms with Crippen LogP contribution in [0.3, 0.4) is 0 Å². The van der Waals surface area contributed by atoms with Gasteiger partial charge in [0, 0.05) is 51.4 Å². The van der Waals surface area contributed by atoms with Crippen molar-refractivity contribution >= 4 is 11.6 Å². The maximum absolute atomic E-state index is 12.1. The summed E-state index contributed by atoms with van der Waals surface area (Å²) in [4.78, 5) is 16.9. The average Bonchev–Trinajstić information content (AvgIpc) is 2.66. The number of anilines is 1. The molecule has 1 N–H and O–H groups in total. The van der Waals surface area contributed by atoms with Crippen molar-refractivity contribution in [1.29, 1.82) is 0 Å². The zero-order valence-electron chi connectivity index (χ0n) is 15.9. The van der Waals surface area contributed by atoms with E-state index in [1.165, 1.54) is 16.8 Å². The molecule has 1 heterocycles. The molecule has 0 saturated carbocycles. The van der Waals surface area contributed by atoms with Gasteiger partial charge in [-0.05, 0) is 37.1 Å². The number of amides is 1. The van der Waals surface area contributed by atoms with Crippen LogP contribution in [0.15, 0.2) is 48.5 Å². The number of nitrogens with zero attached hydrogens (tertiary/aromatic N) is 2. The van der Waals surface area contributed by atoms with Crippen LogP contribution in [0.1, 0.15) is 23.1 Å². The molecule has 3 rings (SSSR count). The van der Waals surface area contributed by atoms with Crippen molar-refractivity contribution in [3.8, 4) is 0 Å². The van der Waals surface area contributed by atoms with Gasteiger partial charge in [-0.3, -0.25) is 9.69 Å². The molecule has 0 bridgehead atoms. The smallest absolute Gasteiger partial charge is 0.221 e. The van der Waals surface area contributed by atoms with Crippen LogP contribution in [0, 0.1) is 13.8 Å². The summed E-state index contributed by atoms with van der Waals surface area (Å²) in [7, 11) is 0. The Labute approximate surface area is 156 Å². The van der Waals surface area contributed by atoms with Gasteiger partial charge in [0.15, 0.2) is 0 Å². The monoisotopic (exact) mass is 351 g/mol. The first-order chi connectivity index (χ1) is 12.6. The van der Waals surface area contributed by atoms with Crippen LogP contribution in [0.5, 0.6) is 0 Å². The van der Waals surface area contributed by atoms with Crippen molar-refractivity contribution in [2.24, 2.45) is 0 Å². The number of aryl methyl sites for hydroxylation is 2. The molecule has 138 valence electrons. The molecule has 4 nitrogen and oxygen atoms in total. The Bertz CT molecular complexity index is 718. The second-order valence-corrected chi connectivity index (χ2v) is 7.18. The predicted molar refractivity (Wildman–Crippen MR) is 107 cm³/mol. The van der Waals surface area contributed by atoms with Gasteiger partial charge in [-0.15, -0.1) is 0 Å². The Morgan fingerprint density at radius 1 is 0.962 bits per heavy atom. The number of benzene rings is 2. The van der Waals surface area contributed by atoms with Crippen LogP contribution in [-0.4, -0.2) is 43.5 Å². The SMILES string of the molecule is Cc1ccc(CNC(=O)CCN2CCN(c3cccc(C)c3)CC2)cc1. The highest BCUT2D eigenvalue weighted by Gasteiger charge is 2.17. The van der Waals surface area contributed by atoms with Gasteiger partial charge in [-0.2, -0.15) is 0 Å². The third-order valence-corrected chi connectivity index (χ3v) is 5.00. The van der Waals surface area contributed by atoms with Gasteiger partial charge in [-0.25, -0.2) is 0 Å². The number of rotatable bonds is 6. The Morgan fingerprint density at radius 2 is 1.69 bits per heavy atom. The lowest BCUT2D eigenvalue weighted by atomic mass is 10.1. The summed E-state index contributed by atoms with van der Waals surface area (Å²) >= 11 is 0. The zero-order chi connectivity index (χ0) is 18.4. The van der Waals surface area contributed by atoms with E-state index in [0.717, 1.165) is 38.3 Å². The second kappa shape index (κ2) is 8.86. The van der Waals surface area contributed by atoms with Crippen LogP contribution in [-0.2, 0) is 11.3 Å². The van der Waals surface area contributed by atoms with E-state index in [0.29, 0.717) is 13.0 Å². The average molecular weight is 351 g/mol. The van der Waals surface area contributed by atoms with Gasteiger partial charge in [0.1, 0.15) is 0 Å². The van der Waals surface area contributed by atoms with Crippen molar-refractivity contribution < 1.29 is 4.79 Å². The third kappa shape index (κ3) is 5.33. The summed E-state index contributed by atoms with van der Waals surface area (Å²) in [6.45, 7) is 9.72. The number of carbonyl (C=O) groups is 1. The fourth-order valence-electron chi connectivity index (χ4n) is 3.31. The molecule has 2 aromatic rings. The van der Waals surface area contributed by atoms with Crippen LogP contribution in [0.2, 0.25) is 0 Å². The summed E-state index contributed by atoms with van der Waals surface area (Å²) in [5, 5.41) is 3.02. The molecule has 1 saturated heterocycles. The number of nitrogens with one attached hydrogen (secondary N) is 1. The molecule has 1 fully saturated rings. The number of hydrogen-bond donors (Lipinski definition) is 1. The van der Waals surface area contributed by atoms with Gasteiger partial charge < -0.3 is 10.2 Å². The molecule has 0 spiro atoms. The standard InChI is InChI=1S/C22H29N3O/c1-18-6-8-20(9-7-18)17-23-22(26)10-11-24-12-14-25(15-13-24)21-5-3-4-19(2)16-21/h3-9,16H,10-15,17H2,1-2H3,(H,23,26). The largest absolute Gasteiger partial charge is 0.369 e. The number of hydrogen-bond acceptors (Lipinski definition) is 3. The predicted octanol–water partition coefficient (Wildman–Crippen LogP) is 3.13. The van der Waals surface area contributed by atoms with Gasteiger partial charge in [0.25, 0.3) is 0 Å². The Kier molecular flexibility index (Phi) is 6.29. The van der Waals surface area contributed by atoms with E-state index in [-0.39, 0.29) is 5.91 Å². The highest BCUT2D eigenvalue weighted by Crippen LogP contribution is 2.17. The summed E-state index contributed by atoms with van der Waals surface area (Å²) in [6, 6.07) is 17.0. The lowest BCUT2D eigenvalue weighted by molar-refractivity contribution is -0.121. The molecule has 1 aliphatic heterocycles. The van der Waals surface area contributed by atoms with Crippen LogP contribution in [0.25, 0.3) is 0 Å². The molecule has 0 unspecified atom stereocenters. The highest BCUT2D eigenvalue weighted by molar-refractivity contribution is 5.76. The first kappa shape index (κ1) is 18.5. The molecule has 26 heavy (non-hydrogen) atoms. The molecular weight excluding hydrogens is 322 g/mol. The minimum Gasteiger partial charge on any atom is -0.369 e. The fraction of sp³-hybridized carbons (Fsp3) is 0.409. The fourth-order valence-corrected chi connectivity index (χ4v) is 3.31. The molecule has 4 heteroatoms. The molecule has 2 aromatic carbocycles. The van der Waals surface area contributed by atoms with Crippen molar-refractivity contribution in [3.05, 3.63) is 65.2 Å². The lowest BCUT2D eigenvalue weighted by Gasteiger charge is -2.36. The van der Waals surface area contributed by atoms with Crippen molar-refractivity contribution in [2.45, 2.75) is 26.8 Å². The molecule has 0 atom stereocenters. The van der Waals surface area contributed by atoms with Crippen molar-refractivity contribution in [3.63, 3.8) is 0 Å². The number of piperazine rings is 1. The molecule has 1 amide bonds. The maximum atomic E-state index is 12.1. The minimum absolute atomic E-state index is 0.131. The molecule has 0 aromatic heterocycles. The minimum atomic E-state index is 0.131. The third-order valence-electron chi connectivity index (χ3n) is 5.00. The second-order valence-electron chi connectivity index (χ2n) is 7.18. The molecule has 0 radical (unpaired) electrons. The Balaban J connectivity index is 1.36. The normalized spacial score (nSPS) is 15.1. The van der Waals surface area contributed by atoms with E-state index in [4.69, 9.17) is 0 Å². The van der Waals surface area contributed by atoms with Crippen LogP contribution >= 0.6 is 0 Å². The first-order valence-electron chi connectivity index (χ1n) is 9.46. The van der Waals surface area contributed by atoms with Crippen LogP contribution in [0.4, 0.5) is 5.69 Å². The Hall–Kier alpha value is -2.33. The highest BCUT2D eigenvalue weighted by atomic mass is 16.1. The Morgan fingerprint density at radius 3 is 2.38 bits per heavy atom. The van der Waals surface area contributed by atoms with E-state index < -0.39 is 0 Å². The summed E-state index contributed by atoms with van der Waals surface area (Å²) in [5.41, 5.74) is 5.00. The van der Waals surface area contributed by atoms with Gasteiger partial charge in [-0.1, -0.05) is 42.0 Å². The van der Waals surface area contributed by atoms with E-state index >= 15 is 0 Å². The van der Waals surface area contributed by atoms with E-state index in [1.54, 1.807) is 0 Å². The van der Waals surface area contributed by atoms with E-state index in [2.05, 4.69) is 77.5 Å². The van der Waals surface area contributed by atoms with Crippen molar-refractivity contribution in [2.75, 3.05) is 37.6 Å². The lowest BCUT2D eigenvalue weighted by Crippen LogP contribution is -2.47. The first-order valence-corrected chi connectivity index (χ1v) is 9.46. The molecule has 1 aliphatic rings. The van der Waals surface area contributed by atoms with Gasteiger partial charge in [0.2, 0.25) is 5.91 Å². The maximum Gasteiger partial charge on any atom is 0.221 e. The van der Waals surface area contributed by atoms with Crippen LogP contribution < -0.4 is 10.2 Å². The van der Waals surface area contributed by atoms with E-state index in [9.17, 15) is 4.79 Å². The van der Waals surface area contributed by atoms with Gasteiger partial charge >= 0.3 is 0 Å². The summed E-state index contributed by atoms with van der Waals surface area (Å²) < 4.78 is 0. The molecule has 0 aliphatic carbocycles. The summed E-state index contributed by atoms with van der Waals surface area (Å²) in [5.74, 6) is 0.131. The molecular formula is C22H29N3O. The topological polar surface area (TPSA) is 35.6 Å². The van der Waals surface area contributed by atoms with Gasteiger partial charge in [0.05, 0.1) is 0 Å². The summed E-state index contributed by atoms with van der Waals surface area (Å²) in [6.07, 6.45) is 0.566. The number of carbonyl (C=O) groups excluding carboxylic acids is 1. The quantitative estimate of drug-likeness (QED) is 0.868. The van der Waals surface area contributed by atoms with Crippen molar-refractivity contribution in [1.82, 2.24) is 10.2 Å². The van der Waals surface area contributed by atoms with E-state index in [1.807, 2.05) is 0 Å².